The first-order valence-corrected chi connectivity index (χ1v) is 7.59. The number of piperidine rings is 1. The van der Waals surface area contributed by atoms with Gasteiger partial charge in [-0.3, -0.25) is 4.90 Å². The van der Waals surface area contributed by atoms with Crippen molar-refractivity contribution in [3.63, 3.8) is 0 Å². The average Bonchev–Trinajstić information content (AvgIpc) is 2.41. The second-order valence-electron chi connectivity index (χ2n) is 6.86. The molecule has 1 saturated heterocycles. The second-order valence-corrected chi connectivity index (χ2v) is 6.86. The van der Waals surface area contributed by atoms with Crippen molar-refractivity contribution in [2.24, 2.45) is 5.73 Å². The number of hydrogen-bond acceptors (Lipinski definition) is 3. The normalized spacial score (nSPS) is 20.0. The van der Waals surface area contributed by atoms with Crippen LogP contribution in [0.4, 0.5) is 0 Å². The Kier molecular flexibility index (Phi) is 4.84. The van der Waals surface area contributed by atoms with Crippen LogP contribution in [0.15, 0.2) is 30.3 Å². The van der Waals surface area contributed by atoms with Gasteiger partial charge in [0.05, 0.1) is 11.2 Å². The molecular formula is C17H28N2O. The van der Waals surface area contributed by atoms with Crippen LogP contribution in [-0.2, 0) is 11.3 Å². The Morgan fingerprint density at radius 3 is 2.25 bits per heavy atom. The summed E-state index contributed by atoms with van der Waals surface area (Å²) in [6, 6.07) is 10.7. The minimum atomic E-state index is -0.133. The van der Waals surface area contributed by atoms with Gasteiger partial charge in [0.1, 0.15) is 0 Å². The number of rotatable bonds is 4. The van der Waals surface area contributed by atoms with E-state index >= 15 is 0 Å². The van der Waals surface area contributed by atoms with Crippen LogP contribution in [0.1, 0.15) is 39.2 Å². The molecule has 3 nitrogen and oxygen atoms in total. The predicted octanol–water partition coefficient (Wildman–Crippen LogP) is 2.80. The van der Waals surface area contributed by atoms with E-state index < -0.39 is 0 Å². The maximum absolute atomic E-state index is 6.26. The van der Waals surface area contributed by atoms with Crippen LogP contribution in [-0.4, -0.2) is 35.7 Å². The standard InChI is InChI=1S/C17H28N2O/c1-16(2,3)20-17(14-18)9-11-19(12-10-17)13-15-7-5-4-6-8-15/h4-8H,9-14,18H2,1-3H3. The van der Waals surface area contributed by atoms with E-state index in [9.17, 15) is 0 Å². The highest BCUT2D eigenvalue weighted by atomic mass is 16.5. The Balaban J connectivity index is 1.90. The van der Waals surface area contributed by atoms with Gasteiger partial charge in [-0.2, -0.15) is 0 Å². The molecule has 112 valence electrons. The van der Waals surface area contributed by atoms with Crippen LogP contribution >= 0.6 is 0 Å². The lowest BCUT2D eigenvalue weighted by molar-refractivity contribution is -0.150. The van der Waals surface area contributed by atoms with Crippen molar-refractivity contribution in [1.29, 1.82) is 0 Å². The lowest BCUT2D eigenvalue weighted by Gasteiger charge is -2.44. The van der Waals surface area contributed by atoms with Crippen molar-refractivity contribution in [3.05, 3.63) is 35.9 Å². The van der Waals surface area contributed by atoms with Crippen LogP contribution in [0.25, 0.3) is 0 Å². The second kappa shape index (κ2) is 6.25. The summed E-state index contributed by atoms with van der Waals surface area (Å²) in [7, 11) is 0. The van der Waals surface area contributed by atoms with Crippen LogP contribution in [0, 0.1) is 0 Å². The third-order valence-electron chi connectivity index (χ3n) is 3.91. The molecule has 3 heteroatoms. The first kappa shape index (κ1) is 15.5. The Morgan fingerprint density at radius 1 is 1.15 bits per heavy atom. The van der Waals surface area contributed by atoms with E-state index in [0.717, 1.165) is 32.5 Å². The maximum atomic E-state index is 6.26. The number of ether oxygens (including phenoxy) is 1. The number of benzene rings is 1. The summed E-state index contributed by atoms with van der Waals surface area (Å²) in [6.07, 6.45) is 2.04. The molecule has 2 N–H and O–H groups in total. The third-order valence-corrected chi connectivity index (χ3v) is 3.91. The molecule has 1 fully saturated rings. The number of hydrogen-bond donors (Lipinski definition) is 1. The average molecular weight is 276 g/mol. The SMILES string of the molecule is CC(C)(C)OC1(CN)CCN(Cc2ccccc2)CC1. The zero-order valence-corrected chi connectivity index (χ0v) is 13.1. The summed E-state index contributed by atoms with van der Waals surface area (Å²) in [5, 5.41) is 0. The van der Waals surface area contributed by atoms with E-state index in [1.165, 1.54) is 5.56 Å². The fraction of sp³-hybridized carbons (Fsp3) is 0.647. The molecule has 1 aromatic rings. The van der Waals surface area contributed by atoms with E-state index in [0.29, 0.717) is 6.54 Å². The number of likely N-dealkylation sites (tertiary alicyclic amines) is 1. The van der Waals surface area contributed by atoms with Gasteiger partial charge < -0.3 is 10.5 Å². The quantitative estimate of drug-likeness (QED) is 0.919. The summed E-state index contributed by atoms with van der Waals surface area (Å²) in [6.45, 7) is 10.1. The zero-order valence-electron chi connectivity index (χ0n) is 13.1. The molecule has 0 amide bonds. The fourth-order valence-corrected chi connectivity index (χ4v) is 2.96. The highest BCUT2D eigenvalue weighted by molar-refractivity contribution is 5.14. The monoisotopic (exact) mass is 276 g/mol. The van der Waals surface area contributed by atoms with Crippen LogP contribution < -0.4 is 5.73 Å². The van der Waals surface area contributed by atoms with E-state index in [1.807, 2.05) is 0 Å². The molecule has 0 aromatic heterocycles. The van der Waals surface area contributed by atoms with Gasteiger partial charge in [-0.25, -0.2) is 0 Å². The van der Waals surface area contributed by atoms with Gasteiger partial charge in [-0.05, 0) is 39.2 Å². The summed E-state index contributed by atoms with van der Waals surface area (Å²) >= 11 is 0. The minimum Gasteiger partial charge on any atom is -0.368 e. The lowest BCUT2D eigenvalue weighted by atomic mass is 9.90. The molecule has 0 bridgehead atoms. The lowest BCUT2D eigenvalue weighted by Crippen LogP contribution is -2.53. The summed E-state index contributed by atoms with van der Waals surface area (Å²) < 4.78 is 6.26. The van der Waals surface area contributed by atoms with Crippen molar-refractivity contribution >= 4 is 0 Å². The third kappa shape index (κ3) is 4.30. The van der Waals surface area contributed by atoms with E-state index in [4.69, 9.17) is 10.5 Å². The van der Waals surface area contributed by atoms with E-state index in [2.05, 4.69) is 56.0 Å². The molecular weight excluding hydrogens is 248 g/mol. The van der Waals surface area contributed by atoms with Gasteiger partial charge in [0.25, 0.3) is 0 Å². The summed E-state index contributed by atoms with van der Waals surface area (Å²) in [5.74, 6) is 0. The van der Waals surface area contributed by atoms with E-state index in [1.54, 1.807) is 0 Å². The molecule has 0 unspecified atom stereocenters. The molecule has 1 aromatic carbocycles. The Hall–Kier alpha value is -0.900. The number of nitrogens with zero attached hydrogens (tertiary/aromatic N) is 1. The molecule has 1 aliphatic rings. The Morgan fingerprint density at radius 2 is 1.75 bits per heavy atom. The highest BCUT2D eigenvalue weighted by Gasteiger charge is 2.37. The predicted molar refractivity (Wildman–Crippen MR) is 83.6 cm³/mol. The zero-order chi connectivity index (χ0) is 14.6. The minimum absolute atomic E-state index is 0.124. The highest BCUT2D eigenvalue weighted by Crippen LogP contribution is 2.30. The Labute approximate surface area is 123 Å². The first-order valence-electron chi connectivity index (χ1n) is 7.59. The van der Waals surface area contributed by atoms with Gasteiger partial charge in [0, 0.05) is 26.2 Å². The molecule has 1 aliphatic heterocycles. The van der Waals surface area contributed by atoms with Crippen LogP contribution in [0.2, 0.25) is 0 Å². The molecule has 1 heterocycles. The molecule has 0 spiro atoms. The van der Waals surface area contributed by atoms with Gasteiger partial charge in [0.2, 0.25) is 0 Å². The molecule has 0 aliphatic carbocycles. The summed E-state index contributed by atoms with van der Waals surface area (Å²) in [4.78, 5) is 2.50. The van der Waals surface area contributed by atoms with Gasteiger partial charge in [-0.15, -0.1) is 0 Å². The topological polar surface area (TPSA) is 38.5 Å². The smallest absolute Gasteiger partial charge is 0.0835 e. The largest absolute Gasteiger partial charge is 0.368 e. The van der Waals surface area contributed by atoms with Gasteiger partial charge in [-0.1, -0.05) is 30.3 Å². The van der Waals surface area contributed by atoms with Gasteiger partial charge in [0.15, 0.2) is 0 Å². The van der Waals surface area contributed by atoms with Crippen molar-refractivity contribution < 1.29 is 4.74 Å². The van der Waals surface area contributed by atoms with Crippen LogP contribution in [0.3, 0.4) is 0 Å². The summed E-state index contributed by atoms with van der Waals surface area (Å²) in [5.41, 5.74) is 7.12. The Bertz CT molecular complexity index is 403. The number of nitrogens with two attached hydrogens (primary N) is 1. The van der Waals surface area contributed by atoms with Crippen molar-refractivity contribution in [2.45, 2.75) is 51.4 Å². The fourth-order valence-electron chi connectivity index (χ4n) is 2.96. The van der Waals surface area contributed by atoms with Crippen molar-refractivity contribution in [2.75, 3.05) is 19.6 Å². The van der Waals surface area contributed by atoms with E-state index in [-0.39, 0.29) is 11.2 Å². The molecule has 2 rings (SSSR count). The maximum Gasteiger partial charge on any atom is 0.0835 e. The molecule has 0 radical (unpaired) electrons. The molecule has 20 heavy (non-hydrogen) atoms. The van der Waals surface area contributed by atoms with Crippen molar-refractivity contribution in [3.8, 4) is 0 Å². The van der Waals surface area contributed by atoms with Crippen molar-refractivity contribution in [1.82, 2.24) is 4.90 Å². The molecule has 0 atom stereocenters. The van der Waals surface area contributed by atoms with Crippen LogP contribution in [0.5, 0.6) is 0 Å². The van der Waals surface area contributed by atoms with Gasteiger partial charge >= 0.3 is 0 Å². The molecule has 0 saturated carbocycles. The first-order chi connectivity index (χ1) is 9.42.